The molecule has 1 aliphatic rings. The predicted molar refractivity (Wildman–Crippen MR) is 69.7 cm³/mol. The summed E-state index contributed by atoms with van der Waals surface area (Å²) in [5, 5.41) is 0. The molecule has 1 amide bonds. The fraction of sp³-hybridized carbons (Fsp3) is 0.500. The molecule has 0 atom stereocenters. The number of nitrogens with zero attached hydrogens (tertiary/aromatic N) is 1. The van der Waals surface area contributed by atoms with Crippen LogP contribution in [0, 0.1) is 11.2 Å². The maximum Gasteiger partial charge on any atom is 0.256 e. The van der Waals surface area contributed by atoms with Gasteiger partial charge in [0.2, 0.25) is 0 Å². The van der Waals surface area contributed by atoms with E-state index in [4.69, 9.17) is 5.73 Å². The normalized spacial score (nSPS) is 18.7. The van der Waals surface area contributed by atoms with Gasteiger partial charge in [-0.15, -0.1) is 0 Å². The topological polar surface area (TPSA) is 46.3 Å². The quantitative estimate of drug-likeness (QED) is 0.779. The van der Waals surface area contributed by atoms with Gasteiger partial charge in [-0.05, 0) is 36.5 Å². The Bertz CT molecular complexity index is 461. The number of anilines is 1. The third-order valence-corrected chi connectivity index (χ3v) is 3.63. The average molecular weight is 250 g/mol. The highest BCUT2D eigenvalue weighted by molar-refractivity contribution is 5.95. The van der Waals surface area contributed by atoms with Crippen LogP contribution in [-0.2, 0) is 0 Å². The molecule has 0 aromatic heterocycles. The van der Waals surface area contributed by atoms with Crippen molar-refractivity contribution in [3.05, 3.63) is 29.6 Å². The van der Waals surface area contributed by atoms with Crippen molar-refractivity contribution in [3.8, 4) is 0 Å². The van der Waals surface area contributed by atoms with Crippen LogP contribution >= 0.6 is 0 Å². The molecule has 2 rings (SSSR count). The minimum atomic E-state index is -0.501. The minimum Gasteiger partial charge on any atom is -0.399 e. The molecular weight excluding hydrogens is 231 g/mol. The van der Waals surface area contributed by atoms with E-state index in [9.17, 15) is 9.18 Å². The van der Waals surface area contributed by atoms with Gasteiger partial charge in [-0.25, -0.2) is 4.39 Å². The Morgan fingerprint density at radius 1 is 1.33 bits per heavy atom. The van der Waals surface area contributed by atoms with E-state index < -0.39 is 5.82 Å². The minimum absolute atomic E-state index is 0.0784. The number of nitrogens with two attached hydrogens (primary N) is 1. The van der Waals surface area contributed by atoms with Gasteiger partial charge in [0.1, 0.15) is 5.82 Å². The first-order valence-corrected chi connectivity index (χ1v) is 6.23. The van der Waals surface area contributed by atoms with Crippen LogP contribution in [0.3, 0.4) is 0 Å². The van der Waals surface area contributed by atoms with Gasteiger partial charge >= 0.3 is 0 Å². The highest BCUT2D eigenvalue weighted by atomic mass is 19.1. The number of carbonyl (C=O) groups is 1. The van der Waals surface area contributed by atoms with Crippen molar-refractivity contribution < 1.29 is 9.18 Å². The van der Waals surface area contributed by atoms with Crippen LogP contribution in [0.15, 0.2) is 18.2 Å². The van der Waals surface area contributed by atoms with Crippen molar-refractivity contribution in [2.24, 2.45) is 5.41 Å². The number of rotatable bonds is 1. The molecule has 0 spiro atoms. The molecule has 1 aromatic carbocycles. The molecule has 1 fully saturated rings. The monoisotopic (exact) mass is 250 g/mol. The van der Waals surface area contributed by atoms with E-state index in [-0.39, 0.29) is 16.9 Å². The number of likely N-dealkylation sites (tertiary alicyclic amines) is 1. The standard InChI is InChI=1S/C14H19FN2O/c1-14(2)5-7-17(8-6-14)13(18)11-9-10(16)3-4-12(11)15/h3-4,9H,5-8,16H2,1-2H3. The third-order valence-electron chi connectivity index (χ3n) is 3.63. The molecule has 1 heterocycles. The second-order valence-electron chi connectivity index (χ2n) is 5.70. The molecule has 0 unspecified atom stereocenters. The summed E-state index contributed by atoms with van der Waals surface area (Å²) in [7, 11) is 0. The van der Waals surface area contributed by atoms with E-state index >= 15 is 0 Å². The second-order valence-corrected chi connectivity index (χ2v) is 5.70. The summed E-state index contributed by atoms with van der Waals surface area (Å²) < 4.78 is 13.6. The summed E-state index contributed by atoms with van der Waals surface area (Å²) >= 11 is 0. The van der Waals surface area contributed by atoms with Crippen molar-refractivity contribution in [3.63, 3.8) is 0 Å². The van der Waals surface area contributed by atoms with E-state index in [1.54, 1.807) is 4.90 Å². The molecule has 0 aliphatic carbocycles. The molecule has 4 heteroatoms. The summed E-state index contributed by atoms with van der Waals surface area (Å²) in [6, 6.07) is 4.12. The molecule has 1 aromatic rings. The average Bonchev–Trinajstić information content (AvgIpc) is 2.31. The maximum atomic E-state index is 13.6. The summed E-state index contributed by atoms with van der Waals surface area (Å²) in [4.78, 5) is 13.9. The fourth-order valence-electron chi connectivity index (χ4n) is 2.19. The first-order valence-electron chi connectivity index (χ1n) is 6.23. The summed E-state index contributed by atoms with van der Waals surface area (Å²) in [6.45, 7) is 5.74. The predicted octanol–water partition coefficient (Wildman–Crippen LogP) is 2.67. The molecule has 0 radical (unpaired) electrons. The van der Waals surface area contributed by atoms with Crippen LogP contribution in [0.1, 0.15) is 37.0 Å². The van der Waals surface area contributed by atoms with Crippen LogP contribution < -0.4 is 5.73 Å². The Morgan fingerprint density at radius 3 is 2.56 bits per heavy atom. The van der Waals surface area contributed by atoms with Gasteiger partial charge in [-0.3, -0.25) is 4.79 Å². The van der Waals surface area contributed by atoms with Gasteiger partial charge in [-0.1, -0.05) is 13.8 Å². The molecule has 98 valence electrons. The number of hydrogen-bond donors (Lipinski definition) is 1. The molecule has 1 aliphatic heterocycles. The van der Waals surface area contributed by atoms with Crippen molar-refractivity contribution >= 4 is 11.6 Å². The Morgan fingerprint density at radius 2 is 1.94 bits per heavy atom. The van der Waals surface area contributed by atoms with Gasteiger partial charge < -0.3 is 10.6 Å². The van der Waals surface area contributed by atoms with Gasteiger partial charge in [0.25, 0.3) is 5.91 Å². The second kappa shape index (κ2) is 4.59. The van der Waals surface area contributed by atoms with E-state index in [0.717, 1.165) is 12.8 Å². The van der Waals surface area contributed by atoms with E-state index in [1.165, 1.54) is 18.2 Å². The van der Waals surface area contributed by atoms with Crippen LogP contribution in [0.4, 0.5) is 10.1 Å². The number of amides is 1. The van der Waals surface area contributed by atoms with Gasteiger partial charge in [0, 0.05) is 18.8 Å². The van der Waals surface area contributed by atoms with Crippen LogP contribution in [0.5, 0.6) is 0 Å². The first-order chi connectivity index (χ1) is 8.39. The Hall–Kier alpha value is -1.58. The zero-order valence-corrected chi connectivity index (χ0v) is 10.9. The van der Waals surface area contributed by atoms with Crippen molar-refractivity contribution in [2.45, 2.75) is 26.7 Å². The summed E-state index contributed by atoms with van der Waals surface area (Å²) in [5.74, 6) is -0.755. The largest absolute Gasteiger partial charge is 0.399 e. The van der Waals surface area contributed by atoms with Gasteiger partial charge in [-0.2, -0.15) is 0 Å². The lowest BCUT2D eigenvalue weighted by Crippen LogP contribution is -2.41. The van der Waals surface area contributed by atoms with Gasteiger partial charge in [0.05, 0.1) is 5.56 Å². The van der Waals surface area contributed by atoms with Crippen LogP contribution in [0.2, 0.25) is 0 Å². The van der Waals surface area contributed by atoms with Crippen molar-refractivity contribution in [1.82, 2.24) is 4.90 Å². The number of benzene rings is 1. The van der Waals surface area contributed by atoms with E-state index in [1.807, 2.05) is 0 Å². The van der Waals surface area contributed by atoms with Crippen molar-refractivity contribution in [2.75, 3.05) is 18.8 Å². The van der Waals surface area contributed by atoms with Crippen LogP contribution in [-0.4, -0.2) is 23.9 Å². The fourth-order valence-corrected chi connectivity index (χ4v) is 2.19. The highest BCUT2D eigenvalue weighted by Crippen LogP contribution is 2.30. The number of halogens is 1. The Kier molecular flexibility index (Phi) is 3.28. The smallest absolute Gasteiger partial charge is 0.256 e. The molecule has 1 saturated heterocycles. The third kappa shape index (κ3) is 2.63. The number of piperidine rings is 1. The summed E-state index contributed by atoms with van der Waals surface area (Å²) in [5.41, 5.74) is 6.36. The van der Waals surface area contributed by atoms with Crippen molar-refractivity contribution in [1.29, 1.82) is 0 Å². The number of hydrogen-bond acceptors (Lipinski definition) is 2. The Labute approximate surface area is 107 Å². The number of nitrogen functional groups attached to an aromatic ring is 1. The lowest BCUT2D eigenvalue weighted by Gasteiger charge is -2.37. The van der Waals surface area contributed by atoms with E-state index in [0.29, 0.717) is 18.8 Å². The van der Waals surface area contributed by atoms with Gasteiger partial charge in [0.15, 0.2) is 0 Å². The lowest BCUT2D eigenvalue weighted by molar-refractivity contribution is 0.0626. The first kappa shape index (κ1) is 12.9. The molecule has 2 N–H and O–H groups in total. The SMILES string of the molecule is CC1(C)CCN(C(=O)c2cc(N)ccc2F)CC1. The zero-order valence-electron chi connectivity index (χ0n) is 10.9. The van der Waals surface area contributed by atoms with Crippen LogP contribution in [0.25, 0.3) is 0 Å². The highest BCUT2D eigenvalue weighted by Gasteiger charge is 2.29. The molecule has 18 heavy (non-hydrogen) atoms. The Balaban J connectivity index is 2.15. The maximum absolute atomic E-state index is 13.6. The molecule has 3 nitrogen and oxygen atoms in total. The summed E-state index contributed by atoms with van der Waals surface area (Å²) in [6.07, 6.45) is 1.89. The van der Waals surface area contributed by atoms with E-state index in [2.05, 4.69) is 13.8 Å². The molecule has 0 bridgehead atoms. The molecule has 0 saturated carbocycles. The lowest BCUT2D eigenvalue weighted by atomic mass is 9.82. The molecular formula is C14H19FN2O. The zero-order chi connectivity index (χ0) is 13.3. The number of carbonyl (C=O) groups excluding carboxylic acids is 1.